The van der Waals surface area contributed by atoms with E-state index in [-0.39, 0.29) is 5.75 Å². The molecule has 1 aromatic carbocycles. The van der Waals surface area contributed by atoms with E-state index in [1.54, 1.807) is 12.1 Å². The van der Waals surface area contributed by atoms with E-state index >= 15 is 0 Å². The van der Waals surface area contributed by atoms with Crippen LogP contribution in [0.15, 0.2) is 24.3 Å². The third-order valence-corrected chi connectivity index (χ3v) is 3.71. The maximum Gasteiger partial charge on any atom is 0.573 e. The lowest BCUT2D eigenvalue weighted by Gasteiger charge is -2.22. The summed E-state index contributed by atoms with van der Waals surface area (Å²) in [5.74, 6) is 0.538. The SMILES string of the molecule is FC(F)(F)Oc1ccccc1NCCC1CCCCC1. The fourth-order valence-corrected chi connectivity index (χ4v) is 2.71. The van der Waals surface area contributed by atoms with E-state index in [2.05, 4.69) is 10.1 Å². The first-order valence-electron chi connectivity index (χ1n) is 7.13. The third kappa shape index (κ3) is 4.94. The molecule has 112 valence electrons. The molecule has 0 atom stereocenters. The monoisotopic (exact) mass is 287 g/mol. The van der Waals surface area contributed by atoms with Gasteiger partial charge in [0.2, 0.25) is 0 Å². The van der Waals surface area contributed by atoms with E-state index in [4.69, 9.17) is 0 Å². The smallest absolute Gasteiger partial charge is 0.404 e. The Kier molecular flexibility index (Phi) is 5.15. The molecule has 1 aliphatic carbocycles. The molecule has 0 aliphatic heterocycles. The van der Waals surface area contributed by atoms with Crippen LogP contribution in [0.25, 0.3) is 0 Å². The van der Waals surface area contributed by atoms with Crippen molar-refractivity contribution in [1.82, 2.24) is 0 Å². The quantitative estimate of drug-likeness (QED) is 0.825. The van der Waals surface area contributed by atoms with Gasteiger partial charge in [0.15, 0.2) is 5.75 Å². The summed E-state index contributed by atoms with van der Waals surface area (Å²) in [6.45, 7) is 0.683. The van der Waals surface area contributed by atoms with Crippen molar-refractivity contribution in [1.29, 1.82) is 0 Å². The van der Waals surface area contributed by atoms with E-state index < -0.39 is 6.36 Å². The van der Waals surface area contributed by atoms with Gasteiger partial charge in [0.05, 0.1) is 5.69 Å². The summed E-state index contributed by atoms with van der Waals surface area (Å²) in [5.41, 5.74) is 0.403. The molecule has 0 amide bonds. The summed E-state index contributed by atoms with van der Waals surface area (Å²) in [6.07, 6.45) is 2.69. The maximum absolute atomic E-state index is 12.3. The lowest BCUT2D eigenvalue weighted by molar-refractivity contribution is -0.274. The highest BCUT2D eigenvalue weighted by Crippen LogP contribution is 2.31. The largest absolute Gasteiger partial charge is 0.573 e. The third-order valence-electron chi connectivity index (χ3n) is 3.71. The number of halogens is 3. The Labute approximate surface area is 117 Å². The molecule has 1 fully saturated rings. The molecular weight excluding hydrogens is 267 g/mol. The Morgan fingerprint density at radius 1 is 1.10 bits per heavy atom. The Morgan fingerprint density at radius 3 is 2.50 bits per heavy atom. The summed E-state index contributed by atoms with van der Waals surface area (Å²) in [4.78, 5) is 0. The van der Waals surface area contributed by atoms with Gasteiger partial charge in [0.1, 0.15) is 0 Å². The highest BCUT2D eigenvalue weighted by atomic mass is 19.4. The van der Waals surface area contributed by atoms with Gasteiger partial charge in [-0.15, -0.1) is 13.2 Å². The van der Waals surface area contributed by atoms with Crippen molar-refractivity contribution in [3.63, 3.8) is 0 Å². The van der Waals surface area contributed by atoms with Gasteiger partial charge in [-0.25, -0.2) is 0 Å². The Balaban J connectivity index is 1.85. The molecule has 1 aromatic rings. The molecule has 0 saturated heterocycles. The zero-order chi connectivity index (χ0) is 14.4. The van der Waals surface area contributed by atoms with Gasteiger partial charge in [0, 0.05) is 6.54 Å². The van der Waals surface area contributed by atoms with Crippen molar-refractivity contribution in [3.8, 4) is 5.75 Å². The predicted molar refractivity (Wildman–Crippen MR) is 72.8 cm³/mol. The molecule has 0 spiro atoms. The van der Waals surface area contributed by atoms with Gasteiger partial charge in [-0.1, -0.05) is 44.2 Å². The number of hydrogen-bond donors (Lipinski definition) is 1. The molecule has 1 saturated carbocycles. The van der Waals surface area contributed by atoms with E-state index in [9.17, 15) is 13.2 Å². The Bertz CT molecular complexity index is 414. The first-order chi connectivity index (χ1) is 9.54. The fraction of sp³-hybridized carbons (Fsp3) is 0.600. The van der Waals surface area contributed by atoms with Crippen LogP contribution in [-0.2, 0) is 0 Å². The topological polar surface area (TPSA) is 21.3 Å². The maximum atomic E-state index is 12.3. The van der Waals surface area contributed by atoms with Crippen LogP contribution >= 0.6 is 0 Å². The van der Waals surface area contributed by atoms with Gasteiger partial charge in [-0.3, -0.25) is 0 Å². The normalized spacial score (nSPS) is 16.9. The van der Waals surface area contributed by atoms with Crippen LogP contribution < -0.4 is 10.1 Å². The van der Waals surface area contributed by atoms with E-state index in [1.807, 2.05) is 0 Å². The molecule has 0 unspecified atom stereocenters. The molecule has 2 nitrogen and oxygen atoms in total. The minimum Gasteiger partial charge on any atom is -0.404 e. The number of alkyl halides is 3. The molecule has 0 heterocycles. The van der Waals surface area contributed by atoms with Crippen molar-refractivity contribution in [2.24, 2.45) is 5.92 Å². The number of hydrogen-bond acceptors (Lipinski definition) is 2. The average Bonchev–Trinajstić information content (AvgIpc) is 2.40. The first kappa shape index (κ1) is 15.0. The molecule has 2 rings (SSSR count). The number of anilines is 1. The lowest BCUT2D eigenvalue weighted by Crippen LogP contribution is -2.18. The number of nitrogens with one attached hydrogen (secondary N) is 1. The molecule has 0 bridgehead atoms. The van der Waals surface area contributed by atoms with Crippen LogP contribution in [-0.4, -0.2) is 12.9 Å². The summed E-state index contributed by atoms with van der Waals surface area (Å²) < 4.78 is 40.9. The van der Waals surface area contributed by atoms with Crippen LogP contribution in [0.4, 0.5) is 18.9 Å². The van der Waals surface area contributed by atoms with Crippen LogP contribution in [0, 0.1) is 5.92 Å². The Hall–Kier alpha value is -1.39. The zero-order valence-corrected chi connectivity index (χ0v) is 11.4. The van der Waals surface area contributed by atoms with Crippen LogP contribution in [0.3, 0.4) is 0 Å². The van der Waals surface area contributed by atoms with Gasteiger partial charge < -0.3 is 10.1 Å². The highest BCUT2D eigenvalue weighted by molar-refractivity contribution is 5.56. The molecule has 20 heavy (non-hydrogen) atoms. The van der Waals surface area contributed by atoms with Crippen LogP contribution in [0.5, 0.6) is 5.75 Å². The molecule has 1 aliphatic rings. The highest BCUT2D eigenvalue weighted by Gasteiger charge is 2.32. The van der Waals surface area contributed by atoms with Crippen molar-refractivity contribution in [2.45, 2.75) is 44.9 Å². The second kappa shape index (κ2) is 6.86. The number of para-hydroxylation sites is 2. The lowest BCUT2D eigenvalue weighted by atomic mass is 9.87. The van der Waals surface area contributed by atoms with Gasteiger partial charge >= 0.3 is 6.36 Å². The minimum atomic E-state index is -4.65. The standard InChI is InChI=1S/C15H20F3NO/c16-15(17,18)20-14-9-5-4-8-13(14)19-11-10-12-6-2-1-3-7-12/h4-5,8-9,12,19H,1-3,6-7,10-11H2. The Morgan fingerprint density at radius 2 is 1.80 bits per heavy atom. The predicted octanol–water partition coefficient (Wildman–Crippen LogP) is 4.97. The zero-order valence-electron chi connectivity index (χ0n) is 11.4. The van der Waals surface area contributed by atoms with Crippen molar-refractivity contribution in [2.75, 3.05) is 11.9 Å². The van der Waals surface area contributed by atoms with Gasteiger partial charge in [0.25, 0.3) is 0 Å². The molecule has 0 aromatic heterocycles. The molecule has 1 N–H and O–H groups in total. The van der Waals surface area contributed by atoms with Crippen LogP contribution in [0.1, 0.15) is 38.5 Å². The summed E-state index contributed by atoms with van der Waals surface area (Å²) in [6, 6.07) is 6.18. The first-order valence-corrected chi connectivity index (χ1v) is 7.13. The van der Waals surface area contributed by atoms with Crippen molar-refractivity contribution < 1.29 is 17.9 Å². The number of rotatable bonds is 5. The molecule has 0 radical (unpaired) electrons. The fourth-order valence-electron chi connectivity index (χ4n) is 2.71. The van der Waals surface area contributed by atoms with Crippen molar-refractivity contribution >= 4 is 5.69 Å². The van der Waals surface area contributed by atoms with E-state index in [0.29, 0.717) is 18.2 Å². The van der Waals surface area contributed by atoms with Crippen molar-refractivity contribution in [3.05, 3.63) is 24.3 Å². The summed E-state index contributed by atoms with van der Waals surface area (Å²) >= 11 is 0. The van der Waals surface area contributed by atoms with Crippen LogP contribution in [0.2, 0.25) is 0 Å². The number of ether oxygens (including phenoxy) is 1. The van der Waals surface area contributed by atoms with Gasteiger partial charge in [-0.05, 0) is 24.5 Å². The molecule has 5 heteroatoms. The van der Waals surface area contributed by atoms with Gasteiger partial charge in [-0.2, -0.15) is 0 Å². The molecular formula is C15H20F3NO. The second-order valence-electron chi connectivity index (χ2n) is 5.26. The second-order valence-corrected chi connectivity index (χ2v) is 5.26. The number of benzene rings is 1. The van der Waals surface area contributed by atoms with E-state index in [0.717, 1.165) is 6.42 Å². The average molecular weight is 287 g/mol. The summed E-state index contributed by atoms with van der Waals surface area (Å²) in [7, 11) is 0. The van der Waals surface area contributed by atoms with E-state index in [1.165, 1.54) is 44.2 Å². The minimum absolute atomic E-state index is 0.163. The summed E-state index contributed by atoms with van der Waals surface area (Å²) in [5, 5.41) is 3.06.